The van der Waals surface area contributed by atoms with Crippen LogP contribution in [0.15, 0.2) is 11.4 Å². The fraction of sp³-hybridized carbons (Fsp3) is 0.600. The molecule has 1 saturated heterocycles. The minimum absolute atomic E-state index is 0.189. The molecule has 0 radical (unpaired) electrons. The van der Waals surface area contributed by atoms with Crippen LogP contribution in [0.25, 0.3) is 0 Å². The van der Waals surface area contributed by atoms with Gasteiger partial charge in [-0.25, -0.2) is 9.59 Å². The van der Waals surface area contributed by atoms with Crippen LogP contribution in [0.1, 0.15) is 36.9 Å². The first-order valence-corrected chi connectivity index (χ1v) is 8.06. The molecule has 1 amide bonds. The molecule has 1 aromatic heterocycles. The molecule has 2 rings (SSSR count). The third-order valence-electron chi connectivity index (χ3n) is 3.24. The fourth-order valence-electron chi connectivity index (χ4n) is 2.24. The van der Waals surface area contributed by atoms with Gasteiger partial charge in [0.05, 0.1) is 6.61 Å². The Morgan fingerprint density at radius 2 is 2.18 bits per heavy atom. The van der Waals surface area contributed by atoms with E-state index in [9.17, 15) is 9.59 Å². The lowest BCUT2D eigenvalue weighted by atomic mass is 10.1. The molecule has 1 fully saturated rings. The van der Waals surface area contributed by atoms with Gasteiger partial charge < -0.3 is 19.5 Å². The van der Waals surface area contributed by atoms with Gasteiger partial charge >= 0.3 is 12.1 Å². The number of carbonyl (C=O) groups excluding carboxylic acids is 1. The van der Waals surface area contributed by atoms with Crippen LogP contribution in [0.5, 0.6) is 5.75 Å². The van der Waals surface area contributed by atoms with E-state index in [1.165, 1.54) is 0 Å². The Morgan fingerprint density at radius 1 is 1.45 bits per heavy atom. The molecule has 1 aliphatic rings. The van der Waals surface area contributed by atoms with Crippen molar-refractivity contribution in [2.45, 2.75) is 32.8 Å². The molecule has 1 aliphatic heterocycles. The number of rotatable bonds is 4. The van der Waals surface area contributed by atoms with Gasteiger partial charge in [-0.2, -0.15) is 0 Å². The molecule has 1 N–H and O–H groups in total. The Morgan fingerprint density at radius 3 is 2.82 bits per heavy atom. The molecule has 122 valence electrons. The van der Waals surface area contributed by atoms with Gasteiger partial charge in [-0.15, -0.1) is 11.3 Å². The van der Waals surface area contributed by atoms with E-state index in [1.807, 2.05) is 20.8 Å². The molecule has 1 atom stereocenters. The molecule has 0 aliphatic carbocycles. The number of nitrogens with zero attached hydrogens (tertiary/aromatic N) is 1. The van der Waals surface area contributed by atoms with E-state index < -0.39 is 11.6 Å². The van der Waals surface area contributed by atoms with Crippen molar-refractivity contribution in [1.29, 1.82) is 0 Å². The lowest BCUT2D eigenvalue weighted by Gasteiger charge is -2.24. The van der Waals surface area contributed by atoms with Crippen molar-refractivity contribution in [3.63, 3.8) is 0 Å². The van der Waals surface area contributed by atoms with E-state index in [-0.39, 0.29) is 16.9 Å². The average Bonchev–Trinajstić information content (AvgIpc) is 3.03. The van der Waals surface area contributed by atoms with Crippen molar-refractivity contribution < 1.29 is 24.2 Å². The second kappa shape index (κ2) is 6.56. The van der Waals surface area contributed by atoms with E-state index in [1.54, 1.807) is 16.3 Å². The van der Waals surface area contributed by atoms with Crippen molar-refractivity contribution in [1.82, 2.24) is 4.90 Å². The molecule has 0 aromatic carbocycles. The SMILES string of the molecule is CC(C)(C)OC(=O)N1CCC(COc2ccsc2C(=O)O)C1. The smallest absolute Gasteiger partial charge is 0.410 e. The summed E-state index contributed by atoms with van der Waals surface area (Å²) in [6.45, 7) is 7.12. The highest BCUT2D eigenvalue weighted by molar-refractivity contribution is 7.12. The number of thiophene rings is 1. The predicted molar refractivity (Wildman–Crippen MR) is 82.7 cm³/mol. The largest absolute Gasteiger partial charge is 0.491 e. The van der Waals surface area contributed by atoms with Crippen molar-refractivity contribution in [2.24, 2.45) is 5.92 Å². The van der Waals surface area contributed by atoms with Crippen molar-refractivity contribution in [3.8, 4) is 5.75 Å². The standard InChI is InChI=1S/C15H21NO5S/c1-15(2,3)21-14(19)16-6-4-10(8-16)9-20-11-5-7-22-12(11)13(17)18/h5,7,10H,4,6,8-9H2,1-3H3,(H,17,18). The van der Waals surface area contributed by atoms with E-state index in [0.29, 0.717) is 25.4 Å². The number of hydrogen-bond acceptors (Lipinski definition) is 5. The summed E-state index contributed by atoms with van der Waals surface area (Å²) in [6.07, 6.45) is 0.517. The first-order valence-electron chi connectivity index (χ1n) is 7.18. The minimum atomic E-state index is -0.980. The van der Waals surface area contributed by atoms with Gasteiger partial charge in [0.1, 0.15) is 11.4 Å². The first-order chi connectivity index (χ1) is 10.3. The Hall–Kier alpha value is -1.76. The lowest BCUT2D eigenvalue weighted by Crippen LogP contribution is -2.35. The number of carboxylic acids is 1. The van der Waals surface area contributed by atoms with Gasteiger partial charge in [0.15, 0.2) is 4.88 Å². The van der Waals surface area contributed by atoms with Crippen LogP contribution in [-0.2, 0) is 4.74 Å². The highest BCUT2D eigenvalue weighted by Gasteiger charge is 2.30. The topological polar surface area (TPSA) is 76.1 Å². The zero-order valence-corrected chi connectivity index (χ0v) is 13.8. The van der Waals surface area contributed by atoms with Gasteiger partial charge in [0, 0.05) is 19.0 Å². The normalized spacial score (nSPS) is 18.3. The van der Waals surface area contributed by atoms with Gasteiger partial charge in [-0.1, -0.05) is 0 Å². The number of amides is 1. The van der Waals surface area contributed by atoms with Crippen LogP contribution < -0.4 is 4.74 Å². The number of likely N-dealkylation sites (tertiary alicyclic amines) is 1. The fourth-order valence-corrected chi connectivity index (χ4v) is 2.91. The van der Waals surface area contributed by atoms with E-state index >= 15 is 0 Å². The molecule has 7 heteroatoms. The quantitative estimate of drug-likeness (QED) is 0.919. The Kier molecular flexibility index (Phi) is 4.95. The number of aromatic carboxylic acids is 1. The summed E-state index contributed by atoms with van der Waals surface area (Å²) in [5.41, 5.74) is -0.501. The third kappa shape index (κ3) is 4.37. The molecule has 0 saturated carbocycles. The molecule has 0 bridgehead atoms. The molecule has 6 nitrogen and oxygen atoms in total. The second-order valence-corrected chi connectivity index (χ2v) is 7.23. The summed E-state index contributed by atoms with van der Waals surface area (Å²) >= 11 is 1.14. The highest BCUT2D eigenvalue weighted by atomic mass is 32.1. The van der Waals surface area contributed by atoms with Crippen LogP contribution in [0.4, 0.5) is 4.79 Å². The Balaban J connectivity index is 1.83. The number of carbonyl (C=O) groups is 2. The maximum absolute atomic E-state index is 12.0. The first kappa shape index (κ1) is 16.6. The molecular weight excluding hydrogens is 306 g/mol. The summed E-state index contributed by atoms with van der Waals surface area (Å²) in [5.74, 6) is -0.394. The van der Waals surface area contributed by atoms with Crippen molar-refractivity contribution in [3.05, 3.63) is 16.3 Å². The van der Waals surface area contributed by atoms with Gasteiger partial charge in [-0.05, 0) is 38.6 Å². The average molecular weight is 327 g/mol. The molecule has 22 heavy (non-hydrogen) atoms. The maximum atomic E-state index is 12.0. The van der Waals surface area contributed by atoms with Crippen molar-refractivity contribution >= 4 is 23.4 Å². The van der Waals surface area contributed by atoms with Crippen LogP contribution in [0.3, 0.4) is 0 Å². The van der Waals surface area contributed by atoms with Crippen molar-refractivity contribution in [2.75, 3.05) is 19.7 Å². The van der Waals surface area contributed by atoms with E-state index in [4.69, 9.17) is 14.6 Å². The van der Waals surface area contributed by atoms with Gasteiger partial charge in [0.2, 0.25) is 0 Å². The van der Waals surface area contributed by atoms with Gasteiger partial charge in [-0.3, -0.25) is 0 Å². The minimum Gasteiger partial charge on any atom is -0.491 e. The zero-order chi connectivity index (χ0) is 16.3. The Labute approximate surface area is 133 Å². The number of ether oxygens (including phenoxy) is 2. The van der Waals surface area contributed by atoms with Crippen LogP contribution in [-0.4, -0.2) is 47.4 Å². The predicted octanol–water partition coefficient (Wildman–Crippen LogP) is 3.08. The summed E-state index contributed by atoms with van der Waals surface area (Å²) < 4.78 is 10.9. The van der Waals surface area contributed by atoms with Crippen LogP contribution in [0, 0.1) is 5.92 Å². The number of carboxylic acid groups (broad SMARTS) is 1. The monoisotopic (exact) mass is 327 g/mol. The molecule has 0 spiro atoms. The third-order valence-corrected chi connectivity index (χ3v) is 4.12. The molecular formula is C15H21NO5S. The van der Waals surface area contributed by atoms with Crippen LogP contribution in [0.2, 0.25) is 0 Å². The highest BCUT2D eigenvalue weighted by Crippen LogP contribution is 2.26. The van der Waals surface area contributed by atoms with E-state index in [0.717, 1.165) is 17.8 Å². The number of hydrogen-bond donors (Lipinski definition) is 1. The van der Waals surface area contributed by atoms with Gasteiger partial charge in [0.25, 0.3) is 0 Å². The molecule has 2 heterocycles. The molecule has 1 aromatic rings. The lowest BCUT2D eigenvalue weighted by molar-refractivity contribution is 0.0284. The summed E-state index contributed by atoms with van der Waals surface area (Å²) in [6, 6.07) is 1.66. The summed E-state index contributed by atoms with van der Waals surface area (Å²) in [7, 11) is 0. The van der Waals surface area contributed by atoms with E-state index in [2.05, 4.69) is 0 Å². The Bertz CT molecular complexity index is 548. The molecule has 1 unspecified atom stereocenters. The zero-order valence-electron chi connectivity index (χ0n) is 13.0. The maximum Gasteiger partial charge on any atom is 0.410 e. The summed E-state index contributed by atoms with van der Waals surface area (Å²) in [5, 5.41) is 10.7. The summed E-state index contributed by atoms with van der Waals surface area (Å²) in [4.78, 5) is 24.9. The van der Waals surface area contributed by atoms with Crippen LogP contribution >= 0.6 is 11.3 Å². The second-order valence-electron chi connectivity index (χ2n) is 6.31.